The second-order valence-corrected chi connectivity index (χ2v) is 5.17. The van der Waals surface area contributed by atoms with E-state index in [1.165, 1.54) is 11.1 Å². The van der Waals surface area contributed by atoms with Gasteiger partial charge >= 0.3 is 0 Å². The molecule has 0 spiro atoms. The van der Waals surface area contributed by atoms with Crippen LogP contribution in [0, 0.1) is 13.8 Å². The van der Waals surface area contributed by atoms with Gasteiger partial charge < -0.3 is 10.6 Å². The maximum absolute atomic E-state index is 5.80. The first-order valence-electron chi connectivity index (χ1n) is 5.71. The van der Waals surface area contributed by atoms with E-state index in [0.717, 1.165) is 10.4 Å². The topological polar surface area (TPSA) is 47.6 Å². The summed E-state index contributed by atoms with van der Waals surface area (Å²) in [4.78, 5) is 6.21. The van der Waals surface area contributed by atoms with Crippen molar-refractivity contribution in [3.8, 4) is 0 Å². The second-order valence-electron chi connectivity index (χ2n) is 4.22. The molecule has 0 aliphatic heterocycles. The molecule has 0 amide bonds. The predicted molar refractivity (Wildman–Crippen MR) is 75.7 cm³/mol. The van der Waals surface area contributed by atoms with Gasteiger partial charge in [0, 0.05) is 0 Å². The number of thiophene rings is 1. The number of nitrogens with zero attached hydrogens (tertiary/aromatic N) is 1. The van der Waals surface area contributed by atoms with Crippen molar-refractivity contribution >= 4 is 17.2 Å². The molecule has 0 radical (unpaired) electrons. The van der Waals surface area contributed by atoms with Gasteiger partial charge in [0.2, 0.25) is 0 Å². The Balaban J connectivity index is 1.98. The van der Waals surface area contributed by atoms with Gasteiger partial charge in [0.25, 0.3) is 0 Å². The van der Waals surface area contributed by atoms with Crippen LogP contribution in [0.5, 0.6) is 0 Å². The summed E-state index contributed by atoms with van der Waals surface area (Å²) in [5.74, 6) is 0.425. The molecule has 4 heteroatoms. The quantitative estimate of drug-likeness (QED) is 0.521. The first-order valence-corrected chi connectivity index (χ1v) is 6.59. The lowest BCUT2D eigenvalue weighted by Crippen LogP contribution is -2.11. The Morgan fingerprint density at radius 3 is 2.61 bits per heavy atom. The van der Waals surface area contributed by atoms with Gasteiger partial charge in [0.15, 0.2) is 5.84 Å². The third-order valence-corrected chi connectivity index (χ3v) is 3.34. The molecular weight excluding hydrogens is 244 g/mol. The molecule has 0 saturated carbocycles. The fourth-order valence-corrected chi connectivity index (χ4v) is 2.42. The van der Waals surface area contributed by atoms with E-state index < -0.39 is 0 Å². The lowest BCUT2D eigenvalue weighted by atomic mass is 10.1. The fourth-order valence-electron chi connectivity index (χ4n) is 1.80. The minimum atomic E-state index is 0.425. The van der Waals surface area contributed by atoms with Crippen molar-refractivity contribution in [3.05, 3.63) is 57.3 Å². The maximum atomic E-state index is 5.80. The zero-order valence-corrected chi connectivity index (χ0v) is 11.3. The molecule has 3 nitrogen and oxygen atoms in total. The van der Waals surface area contributed by atoms with E-state index in [4.69, 9.17) is 10.6 Å². The zero-order chi connectivity index (χ0) is 13.0. The largest absolute Gasteiger partial charge is 0.389 e. The van der Waals surface area contributed by atoms with Crippen molar-refractivity contribution in [1.82, 2.24) is 0 Å². The van der Waals surface area contributed by atoms with Crippen molar-refractivity contribution in [3.63, 3.8) is 0 Å². The highest BCUT2D eigenvalue weighted by Crippen LogP contribution is 2.11. The molecule has 1 aromatic heterocycles. The summed E-state index contributed by atoms with van der Waals surface area (Å²) < 4.78 is 0. The first kappa shape index (κ1) is 12.6. The van der Waals surface area contributed by atoms with Gasteiger partial charge in [0.05, 0.1) is 4.88 Å². The van der Waals surface area contributed by atoms with E-state index in [9.17, 15) is 0 Å². The maximum Gasteiger partial charge on any atom is 0.180 e. The number of aryl methyl sites for hydroxylation is 2. The molecule has 0 unspecified atom stereocenters. The molecule has 1 aromatic carbocycles. The van der Waals surface area contributed by atoms with Gasteiger partial charge in [-0.05, 0) is 30.9 Å². The molecule has 94 valence electrons. The number of rotatable bonds is 4. The lowest BCUT2D eigenvalue weighted by Gasteiger charge is -2.04. The van der Waals surface area contributed by atoms with E-state index >= 15 is 0 Å². The van der Waals surface area contributed by atoms with Crippen molar-refractivity contribution in [2.24, 2.45) is 10.9 Å². The van der Waals surface area contributed by atoms with Crippen LogP contribution in [-0.4, -0.2) is 5.84 Å². The normalized spacial score (nSPS) is 11.6. The number of nitrogens with two attached hydrogens (primary N) is 1. The van der Waals surface area contributed by atoms with Gasteiger partial charge in [0.1, 0.15) is 6.61 Å². The molecule has 0 atom stereocenters. The molecule has 0 aliphatic carbocycles. The number of hydrogen-bond acceptors (Lipinski definition) is 3. The van der Waals surface area contributed by atoms with E-state index in [1.807, 2.05) is 17.5 Å². The smallest absolute Gasteiger partial charge is 0.180 e. The molecule has 2 rings (SSSR count). The minimum Gasteiger partial charge on any atom is -0.389 e. The average Bonchev–Trinajstić information content (AvgIpc) is 2.80. The van der Waals surface area contributed by atoms with Gasteiger partial charge in [-0.1, -0.05) is 40.5 Å². The van der Waals surface area contributed by atoms with Crippen molar-refractivity contribution in [2.45, 2.75) is 20.5 Å². The van der Waals surface area contributed by atoms with Gasteiger partial charge in [-0.2, -0.15) is 0 Å². The molecular formula is C14H16N2OS. The fraction of sp³-hybridized carbons (Fsp3) is 0.214. The lowest BCUT2D eigenvalue weighted by molar-refractivity contribution is 0.130. The predicted octanol–water partition coefficient (Wildman–Crippen LogP) is 3.20. The second kappa shape index (κ2) is 5.69. The number of benzene rings is 1. The van der Waals surface area contributed by atoms with E-state index in [1.54, 1.807) is 11.3 Å². The van der Waals surface area contributed by atoms with Crippen molar-refractivity contribution in [1.29, 1.82) is 0 Å². The van der Waals surface area contributed by atoms with E-state index in [-0.39, 0.29) is 0 Å². The summed E-state index contributed by atoms with van der Waals surface area (Å²) in [6.45, 7) is 4.58. The van der Waals surface area contributed by atoms with Gasteiger partial charge in [-0.15, -0.1) is 11.3 Å². The Labute approximate surface area is 111 Å². The number of oxime groups is 1. The Kier molecular flexibility index (Phi) is 3.99. The molecule has 2 N–H and O–H groups in total. The third-order valence-electron chi connectivity index (χ3n) is 2.45. The Morgan fingerprint density at radius 2 is 2.00 bits per heavy atom. The third kappa shape index (κ3) is 3.34. The van der Waals surface area contributed by atoms with E-state index in [2.05, 4.69) is 37.2 Å². The standard InChI is InChI=1S/C14H16N2OS/c1-10-6-11(2)8-12(7-10)9-17-16-14(15)13-4-3-5-18-13/h3-8H,9H2,1-2H3,(H2,15,16). The summed E-state index contributed by atoms with van der Waals surface area (Å²) in [7, 11) is 0. The molecule has 2 aromatic rings. The van der Waals surface area contributed by atoms with Crippen LogP contribution in [0.2, 0.25) is 0 Å². The van der Waals surface area contributed by atoms with E-state index in [0.29, 0.717) is 12.4 Å². The zero-order valence-electron chi connectivity index (χ0n) is 10.5. The van der Waals surface area contributed by atoms with Crippen LogP contribution in [0.15, 0.2) is 40.9 Å². The highest BCUT2D eigenvalue weighted by atomic mass is 32.1. The van der Waals surface area contributed by atoms with Crippen LogP contribution in [-0.2, 0) is 11.4 Å². The molecule has 0 saturated heterocycles. The summed E-state index contributed by atoms with van der Waals surface area (Å²) >= 11 is 1.55. The van der Waals surface area contributed by atoms with Crippen LogP contribution >= 0.6 is 11.3 Å². The molecule has 0 bridgehead atoms. The average molecular weight is 260 g/mol. The van der Waals surface area contributed by atoms with Crippen molar-refractivity contribution in [2.75, 3.05) is 0 Å². The monoisotopic (exact) mass is 260 g/mol. The summed E-state index contributed by atoms with van der Waals surface area (Å²) in [6, 6.07) is 10.2. The van der Waals surface area contributed by atoms with Gasteiger partial charge in [-0.25, -0.2) is 0 Å². The van der Waals surface area contributed by atoms with Crippen LogP contribution in [0.3, 0.4) is 0 Å². The van der Waals surface area contributed by atoms with Crippen LogP contribution in [0.1, 0.15) is 21.6 Å². The summed E-state index contributed by atoms with van der Waals surface area (Å²) in [5, 5.41) is 5.89. The summed E-state index contributed by atoms with van der Waals surface area (Å²) in [6.07, 6.45) is 0. The number of amidine groups is 1. The van der Waals surface area contributed by atoms with Crippen LogP contribution in [0.25, 0.3) is 0 Å². The van der Waals surface area contributed by atoms with Crippen molar-refractivity contribution < 1.29 is 4.84 Å². The number of hydrogen-bond donors (Lipinski definition) is 1. The van der Waals surface area contributed by atoms with Crippen LogP contribution in [0.4, 0.5) is 0 Å². The Bertz CT molecular complexity index is 527. The van der Waals surface area contributed by atoms with Gasteiger partial charge in [-0.3, -0.25) is 0 Å². The Hall–Kier alpha value is -1.81. The Morgan fingerprint density at radius 1 is 1.28 bits per heavy atom. The van der Waals surface area contributed by atoms with Crippen LogP contribution < -0.4 is 5.73 Å². The molecule has 0 aliphatic rings. The molecule has 0 fully saturated rings. The molecule has 18 heavy (non-hydrogen) atoms. The molecule has 1 heterocycles. The highest BCUT2D eigenvalue weighted by Gasteiger charge is 2.00. The highest BCUT2D eigenvalue weighted by molar-refractivity contribution is 7.12. The first-order chi connectivity index (χ1) is 8.65. The SMILES string of the molecule is Cc1cc(C)cc(CO/N=C(\N)c2cccs2)c1. The minimum absolute atomic E-state index is 0.425. The summed E-state index contributed by atoms with van der Waals surface area (Å²) in [5.41, 5.74) is 9.36.